The number of aliphatic hydroxyl groups is 8. The minimum atomic E-state index is -2.26. The lowest BCUT2D eigenvalue weighted by Gasteiger charge is -2.39. The zero-order chi connectivity index (χ0) is 47.0. The normalized spacial score (nSPS) is 24.2. The number of nitrogens with zero attached hydrogens (tertiary/aromatic N) is 4. The third kappa shape index (κ3) is 14.5. The topological polar surface area (TPSA) is 480 Å². The molecule has 5 amide bonds. The van der Waals surface area contributed by atoms with Crippen molar-refractivity contribution in [3.8, 4) is 0 Å². The van der Waals surface area contributed by atoms with E-state index in [0.717, 1.165) is 6.08 Å². The first-order valence-corrected chi connectivity index (χ1v) is 19.0. The van der Waals surface area contributed by atoms with Gasteiger partial charge in [-0.15, -0.1) is 5.53 Å². The molecule has 17 N–H and O–H groups in total. The number of ether oxygens (including phenoxy) is 2. The van der Waals surface area contributed by atoms with Gasteiger partial charge in [-0.3, -0.25) is 28.8 Å². The standard InChI is InChI=1S/C34H53N9O19/c1-2-3-4-15(30(36)56)43(42-41-37)34(60)14(6-8-23(52)53)39-33(59)21-10-17(47)25(29(62-21)27(55)19(49)12-45)40-31(57)13(5-7-22(50)51)38-32(58)20-9-16(46)24(35)28(61-20)26(54)18(48)11-44/h9-10,13-19,24-29,44-49,54-55H,2-8,11-12,35H2,1H3,(H2,36,56)(H,38,58)(H,39,59)(H,40,57)(H,50,51)(H,52,53)/t13-,14-,15-,16-,17-,18+,19+,24+,25+,26+,27+,28+,29+/m0/s1. The van der Waals surface area contributed by atoms with Crippen molar-refractivity contribution in [3.63, 3.8) is 0 Å². The van der Waals surface area contributed by atoms with Gasteiger partial charge in [0.2, 0.25) is 5.91 Å². The van der Waals surface area contributed by atoms with E-state index in [-0.39, 0.29) is 6.42 Å². The second kappa shape index (κ2) is 24.7. The fourth-order valence-corrected chi connectivity index (χ4v) is 6.13. The summed E-state index contributed by atoms with van der Waals surface area (Å²) < 4.78 is 10.9. The first-order valence-electron chi connectivity index (χ1n) is 19.0. The Morgan fingerprint density at radius 3 is 1.79 bits per heavy atom. The number of carbonyl (C=O) groups is 7. The van der Waals surface area contributed by atoms with Crippen molar-refractivity contribution >= 4 is 41.5 Å². The lowest BCUT2D eigenvalue weighted by Crippen LogP contribution is -2.63. The van der Waals surface area contributed by atoms with E-state index < -0.39 is 171 Å². The number of amides is 5. The Hall–Kier alpha value is -5.68. The van der Waals surface area contributed by atoms with E-state index in [0.29, 0.717) is 23.9 Å². The second-order valence-corrected chi connectivity index (χ2v) is 14.1. The predicted molar refractivity (Wildman–Crippen MR) is 202 cm³/mol. The molecule has 0 spiro atoms. The molecule has 2 aliphatic heterocycles. The third-order valence-electron chi connectivity index (χ3n) is 9.59. The van der Waals surface area contributed by atoms with E-state index in [9.17, 15) is 84.6 Å². The van der Waals surface area contributed by atoms with E-state index >= 15 is 0 Å². The van der Waals surface area contributed by atoms with E-state index in [1.807, 2.05) is 0 Å². The van der Waals surface area contributed by atoms with Crippen LogP contribution in [0.5, 0.6) is 0 Å². The van der Waals surface area contributed by atoms with Crippen LogP contribution in [0.4, 0.5) is 0 Å². The number of azide groups is 1. The zero-order valence-electron chi connectivity index (χ0n) is 33.1. The first kappa shape index (κ1) is 52.5. The Bertz CT molecular complexity index is 1730. The van der Waals surface area contributed by atoms with Crippen LogP contribution in [0.1, 0.15) is 51.9 Å². The molecule has 0 radical (unpaired) electrons. The van der Waals surface area contributed by atoms with Crippen LogP contribution in [-0.4, -0.2) is 190 Å². The molecule has 0 unspecified atom stereocenters. The molecule has 0 aromatic heterocycles. The molecular formula is C34H53N9O19. The van der Waals surface area contributed by atoms with E-state index in [4.69, 9.17) is 26.5 Å². The van der Waals surface area contributed by atoms with E-state index in [1.54, 1.807) is 6.92 Å². The number of unbranched alkanes of at least 4 members (excludes halogenated alkanes) is 1. The fourth-order valence-electron chi connectivity index (χ4n) is 6.13. The van der Waals surface area contributed by atoms with Gasteiger partial charge in [-0.25, -0.2) is 4.79 Å². The average Bonchev–Trinajstić information content (AvgIpc) is 3.22. The van der Waals surface area contributed by atoms with Crippen molar-refractivity contribution in [1.29, 1.82) is 0 Å². The molecule has 2 rings (SSSR count). The number of nitrogens with two attached hydrogens (primary N) is 2. The average molecular weight is 892 g/mol. The van der Waals surface area contributed by atoms with Gasteiger partial charge in [0.1, 0.15) is 48.7 Å². The van der Waals surface area contributed by atoms with Gasteiger partial charge in [0.25, 0.3) is 17.7 Å². The largest absolute Gasteiger partial charge is 0.481 e. The summed E-state index contributed by atoms with van der Waals surface area (Å²) in [6.07, 6.45) is -16.4. The molecule has 2 aliphatic rings. The number of rotatable bonds is 25. The van der Waals surface area contributed by atoms with Gasteiger partial charge in [-0.05, 0) is 43.1 Å². The summed E-state index contributed by atoms with van der Waals surface area (Å²) in [5.41, 5.74) is 20.4. The Morgan fingerprint density at radius 2 is 1.31 bits per heavy atom. The van der Waals surface area contributed by atoms with Crippen LogP contribution >= 0.6 is 0 Å². The molecule has 0 aromatic rings. The van der Waals surface area contributed by atoms with Crippen molar-refractivity contribution in [2.75, 3.05) is 13.2 Å². The van der Waals surface area contributed by atoms with Crippen LogP contribution < -0.4 is 27.4 Å². The number of hydrogen-bond donors (Lipinski definition) is 15. The summed E-state index contributed by atoms with van der Waals surface area (Å²) in [6, 6.07) is -8.60. The Kier molecular flexibility index (Phi) is 20.9. The first-order chi connectivity index (χ1) is 29.1. The Morgan fingerprint density at radius 1 is 0.823 bits per heavy atom. The highest BCUT2D eigenvalue weighted by Gasteiger charge is 2.46. The lowest BCUT2D eigenvalue weighted by molar-refractivity contribution is -0.147. The van der Waals surface area contributed by atoms with Crippen molar-refractivity contribution in [3.05, 3.63) is 34.1 Å². The van der Waals surface area contributed by atoms with Crippen molar-refractivity contribution in [1.82, 2.24) is 21.0 Å². The highest BCUT2D eigenvalue weighted by molar-refractivity contribution is 5.97. The number of aliphatic carboxylic acids is 2. The molecule has 348 valence electrons. The number of carboxylic acid groups (broad SMARTS) is 2. The van der Waals surface area contributed by atoms with Crippen molar-refractivity contribution in [2.24, 2.45) is 16.7 Å². The zero-order valence-corrected chi connectivity index (χ0v) is 33.1. The predicted octanol–water partition coefficient (Wildman–Crippen LogP) is -6.69. The molecule has 28 nitrogen and oxygen atoms in total. The summed E-state index contributed by atoms with van der Waals surface area (Å²) in [5.74, 6) is -11.0. The minimum absolute atomic E-state index is 0.0954. The molecule has 13 atom stereocenters. The Balaban J connectivity index is 2.49. The summed E-state index contributed by atoms with van der Waals surface area (Å²) in [5, 5.41) is 111. The molecule has 0 aromatic carbocycles. The van der Waals surface area contributed by atoms with Gasteiger partial charge in [0.05, 0.1) is 31.4 Å². The quantitative estimate of drug-likeness (QED) is 0.0175. The molecule has 2 heterocycles. The summed E-state index contributed by atoms with van der Waals surface area (Å²) in [7, 11) is 0. The fraction of sp³-hybridized carbons (Fsp3) is 0.676. The monoisotopic (exact) mass is 891 g/mol. The van der Waals surface area contributed by atoms with Crippen LogP contribution in [0, 0.1) is 0 Å². The summed E-state index contributed by atoms with van der Waals surface area (Å²) >= 11 is 0. The molecule has 0 bridgehead atoms. The third-order valence-corrected chi connectivity index (χ3v) is 9.59. The maximum absolute atomic E-state index is 13.7. The molecular weight excluding hydrogens is 838 g/mol. The van der Waals surface area contributed by atoms with Gasteiger partial charge in [0.15, 0.2) is 23.7 Å². The molecule has 62 heavy (non-hydrogen) atoms. The van der Waals surface area contributed by atoms with E-state index in [2.05, 4.69) is 26.1 Å². The SMILES string of the molecule is CCCC[C@@H](C(N)=O)N(N=[N+]=[N-])C(=O)[C@H](CCC(=O)O)NC(=O)C1=C[C@H](O)[C@@H](NC(=O)[C@H](CCC(=O)O)NC(=O)C2=C[C@H](O)[C@@H](N)[C@H]([C@H](O)[C@H](O)CO)O2)[C@H]([C@H](O)[C@H](O)CO)O1. The highest BCUT2D eigenvalue weighted by atomic mass is 16.5. The highest BCUT2D eigenvalue weighted by Crippen LogP contribution is 2.25. The number of primary amides is 1. The number of carbonyl (C=O) groups excluding carboxylic acids is 5. The van der Waals surface area contributed by atoms with Crippen molar-refractivity contribution in [2.45, 2.75) is 131 Å². The number of hydrogen-bond acceptors (Lipinski definition) is 19. The molecule has 0 saturated heterocycles. The summed E-state index contributed by atoms with van der Waals surface area (Å²) in [4.78, 5) is 91.9. The van der Waals surface area contributed by atoms with Crippen LogP contribution in [0.3, 0.4) is 0 Å². The van der Waals surface area contributed by atoms with Gasteiger partial charge in [-0.2, -0.15) is 9.92 Å². The van der Waals surface area contributed by atoms with Gasteiger partial charge in [0, 0.05) is 12.8 Å². The van der Waals surface area contributed by atoms with Crippen LogP contribution in [0.2, 0.25) is 0 Å². The van der Waals surface area contributed by atoms with Crippen LogP contribution in [-0.2, 0) is 43.0 Å². The lowest BCUT2D eigenvalue weighted by atomic mass is 9.93. The summed E-state index contributed by atoms with van der Waals surface area (Å²) in [6.45, 7) is -0.392. The van der Waals surface area contributed by atoms with Crippen LogP contribution in [0.15, 0.2) is 28.9 Å². The molecule has 0 saturated carbocycles. The number of nitrogens with one attached hydrogen (secondary N) is 3. The number of aliphatic hydroxyl groups excluding tert-OH is 8. The Labute approximate surface area is 351 Å². The van der Waals surface area contributed by atoms with Gasteiger partial charge >= 0.3 is 17.8 Å². The number of carboxylic acids is 2. The second-order valence-electron chi connectivity index (χ2n) is 14.1. The smallest absolute Gasteiger partial charge is 0.335 e. The van der Waals surface area contributed by atoms with Crippen molar-refractivity contribution < 1.29 is 94.1 Å². The molecule has 28 heteroatoms. The maximum Gasteiger partial charge on any atom is 0.335 e. The molecule has 0 fully saturated rings. The molecule has 0 aliphatic carbocycles. The maximum atomic E-state index is 13.7. The van der Waals surface area contributed by atoms with Gasteiger partial charge in [-0.1, -0.05) is 13.3 Å². The van der Waals surface area contributed by atoms with E-state index in [1.165, 1.54) is 0 Å². The van der Waals surface area contributed by atoms with Crippen LogP contribution in [0.25, 0.3) is 10.4 Å². The minimum Gasteiger partial charge on any atom is -0.481 e. The van der Waals surface area contributed by atoms with Gasteiger partial charge < -0.3 is 88.0 Å².